The number of unbranched alkanes of at least 4 members (excludes halogenated alkanes) is 2. The smallest absolute Gasteiger partial charge is 0.0762 e. The van der Waals surface area contributed by atoms with Crippen LogP contribution in [0.1, 0.15) is 63.1 Å². The molecule has 0 spiro atoms. The van der Waals surface area contributed by atoms with Crippen molar-refractivity contribution in [1.29, 1.82) is 0 Å². The highest BCUT2D eigenvalue weighted by Crippen LogP contribution is 2.27. The summed E-state index contributed by atoms with van der Waals surface area (Å²) in [5.74, 6) is 0.784. The van der Waals surface area contributed by atoms with Gasteiger partial charge in [0, 0.05) is 18.6 Å². The van der Waals surface area contributed by atoms with E-state index in [1.165, 1.54) is 50.6 Å². The first kappa shape index (κ1) is 14.9. The van der Waals surface area contributed by atoms with Crippen molar-refractivity contribution in [3.8, 4) is 0 Å². The van der Waals surface area contributed by atoms with Crippen LogP contribution < -0.4 is 5.32 Å². The van der Waals surface area contributed by atoms with Gasteiger partial charge in [-0.25, -0.2) is 0 Å². The van der Waals surface area contributed by atoms with E-state index in [1.807, 2.05) is 0 Å². The lowest BCUT2D eigenvalue weighted by molar-refractivity contribution is 0.327. The summed E-state index contributed by atoms with van der Waals surface area (Å²) >= 11 is 5.65. The fourth-order valence-corrected chi connectivity index (χ4v) is 2.95. The van der Waals surface area contributed by atoms with Crippen LogP contribution in [0.3, 0.4) is 0 Å². The monoisotopic (exact) mass is 283 g/mol. The second-order valence-electron chi connectivity index (χ2n) is 5.51. The molecule has 1 aromatic rings. The van der Waals surface area contributed by atoms with Crippen molar-refractivity contribution in [3.05, 3.63) is 18.0 Å². The van der Waals surface area contributed by atoms with Gasteiger partial charge in [0.1, 0.15) is 0 Å². The summed E-state index contributed by atoms with van der Waals surface area (Å²) in [4.78, 5) is 0. The van der Waals surface area contributed by atoms with Crippen LogP contribution in [0.4, 0.5) is 0 Å². The molecule has 0 atom stereocenters. The SMILES string of the molecule is ClCCCCCNCc1ccn(C2CCCCC2)n1. The second kappa shape index (κ2) is 8.60. The van der Waals surface area contributed by atoms with E-state index in [-0.39, 0.29) is 0 Å². The molecule has 0 saturated heterocycles. The van der Waals surface area contributed by atoms with E-state index in [4.69, 9.17) is 16.7 Å². The summed E-state index contributed by atoms with van der Waals surface area (Å²) in [6, 6.07) is 2.80. The van der Waals surface area contributed by atoms with Crippen molar-refractivity contribution < 1.29 is 0 Å². The summed E-state index contributed by atoms with van der Waals surface area (Å²) in [6.45, 7) is 1.95. The Kier molecular flexibility index (Phi) is 6.72. The van der Waals surface area contributed by atoms with Crippen LogP contribution in [0.2, 0.25) is 0 Å². The van der Waals surface area contributed by atoms with Gasteiger partial charge >= 0.3 is 0 Å². The minimum absolute atomic E-state index is 0.645. The van der Waals surface area contributed by atoms with Gasteiger partial charge in [-0.15, -0.1) is 11.6 Å². The zero-order valence-electron chi connectivity index (χ0n) is 11.8. The van der Waals surface area contributed by atoms with Crippen LogP contribution >= 0.6 is 11.6 Å². The molecule has 1 aromatic heterocycles. The van der Waals surface area contributed by atoms with Gasteiger partial charge in [-0.2, -0.15) is 5.10 Å². The highest BCUT2D eigenvalue weighted by molar-refractivity contribution is 6.17. The van der Waals surface area contributed by atoms with E-state index in [9.17, 15) is 0 Å². The van der Waals surface area contributed by atoms with Crippen LogP contribution in [0.15, 0.2) is 12.3 Å². The number of hydrogen-bond donors (Lipinski definition) is 1. The highest BCUT2D eigenvalue weighted by atomic mass is 35.5. The molecule has 0 aromatic carbocycles. The third-order valence-electron chi connectivity index (χ3n) is 3.91. The molecule has 1 aliphatic carbocycles. The minimum Gasteiger partial charge on any atom is -0.311 e. The van der Waals surface area contributed by atoms with Gasteiger partial charge in [-0.1, -0.05) is 25.7 Å². The summed E-state index contributed by atoms with van der Waals surface area (Å²) in [7, 11) is 0. The van der Waals surface area contributed by atoms with Crippen molar-refractivity contribution >= 4 is 11.6 Å². The fourth-order valence-electron chi connectivity index (χ4n) is 2.76. The van der Waals surface area contributed by atoms with Crippen LogP contribution in [-0.4, -0.2) is 22.2 Å². The molecule has 1 saturated carbocycles. The average molecular weight is 284 g/mol. The fraction of sp³-hybridized carbons (Fsp3) is 0.800. The topological polar surface area (TPSA) is 29.9 Å². The Balaban J connectivity index is 1.66. The number of rotatable bonds is 8. The molecular formula is C15H26ClN3. The van der Waals surface area contributed by atoms with Gasteiger partial charge in [0.05, 0.1) is 11.7 Å². The lowest BCUT2D eigenvalue weighted by Gasteiger charge is -2.21. The molecule has 1 heterocycles. The van der Waals surface area contributed by atoms with Gasteiger partial charge in [0.2, 0.25) is 0 Å². The van der Waals surface area contributed by atoms with Gasteiger partial charge in [-0.05, 0) is 38.3 Å². The molecule has 0 radical (unpaired) electrons. The van der Waals surface area contributed by atoms with E-state index >= 15 is 0 Å². The van der Waals surface area contributed by atoms with E-state index in [2.05, 4.69) is 22.3 Å². The van der Waals surface area contributed by atoms with Crippen LogP contribution in [0, 0.1) is 0 Å². The van der Waals surface area contributed by atoms with Crippen LogP contribution in [-0.2, 0) is 6.54 Å². The molecular weight excluding hydrogens is 258 g/mol. The largest absolute Gasteiger partial charge is 0.311 e. The van der Waals surface area contributed by atoms with Gasteiger partial charge < -0.3 is 5.32 Å². The Morgan fingerprint density at radius 2 is 2.05 bits per heavy atom. The number of alkyl halides is 1. The molecule has 0 amide bonds. The average Bonchev–Trinajstić information content (AvgIpc) is 2.92. The summed E-state index contributed by atoms with van der Waals surface area (Å²) in [6.07, 6.45) is 12.4. The molecule has 2 rings (SSSR count). The molecule has 0 unspecified atom stereocenters. The molecule has 1 fully saturated rings. The number of nitrogens with zero attached hydrogens (tertiary/aromatic N) is 2. The summed E-state index contributed by atoms with van der Waals surface area (Å²) in [5, 5.41) is 8.16. The molecule has 0 aliphatic heterocycles. The Labute approximate surface area is 121 Å². The van der Waals surface area contributed by atoms with Gasteiger partial charge in [-0.3, -0.25) is 4.68 Å². The number of nitrogens with one attached hydrogen (secondary N) is 1. The molecule has 4 heteroatoms. The first-order chi connectivity index (χ1) is 9.40. The third-order valence-corrected chi connectivity index (χ3v) is 4.17. The third kappa shape index (κ3) is 5.15. The molecule has 19 heavy (non-hydrogen) atoms. The van der Waals surface area contributed by atoms with Crippen molar-refractivity contribution in [1.82, 2.24) is 15.1 Å². The molecule has 1 aliphatic rings. The van der Waals surface area contributed by atoms with E-state index in [0.29, 0.717) is 6.04 Å². The predicted octanol–water partition coefficient (Wildman–Crippen LogP) is 3.89. The predicted molar refractivity (Wildman–Crippen MR) is 80.6 cm³/mol. The maximum Gasteiger partial charge on any atom is 0.0762 e. The highest BCUT2D eigenvalue weighted by Gasteiger charge is 2.15. The first-order valence-corrected chi connectivity index (χ1v) is 8.24. The van der Waals surface area contributed by atoms with E-state index in [1.54, 1.807) is 0 Å². The van der Waals surface area contributed by atoms with Gasteiger partial charge in [0.25, 0.3) is 0 Å². The Morgan fingerprint density at radius 1 is 1.21 bits per heavy atom. The van der Waals surface area contributed by atoms with E-state index < -0.39 is 0 Å². The number of hydrogen-bond acceptors (Lipinski definition) is 2. The van der Waals surface area contributed by atoms with Crippen LogP contribution in [0.25, 0.3) is 0 Å². The van der Waals surface area contributed by atoms with Crippen molar-refractivity contribution in [2.45, 2.75) is 64.0 Å². The van der Waals surface area contributed by atoms with Crippen molar-refractivity contribution in [3.63, 3.8) is 0 Å². The lowest BCUT2D eigenvalue weighted by atomic mass is 9.96. The Hall–Kier alpha value is -0.540. The van der Waals surface area contributed by atoms with Crippen molar-refractivity contribution in [2.24, 2.45) is 0 Å². The molecule has 1 N–H and O–H groups in total. The molecule has 0 bridgehead atoms. The number of aromatic nitrogens is 2. The minimum atomic E-state index is 0.645. The first-order valence-electron chi connectivity index (χ1n) is 7.71. The number of halogens is 1. The lowest BCUT2D eigenvalue weighted by Crippen LogP contribution is -2.17. The Morgan fingerprint density at radius 3 is 2.84 bits per heavy atom. The molecule has 108 valence electrons. The zero-order chi connectivity index (χ0) is 13.3. The van der Waals surface area contributed by atoms with E-state index in [0.717, 1.165) is 25.4 Å². The van der Waals surface area contributed by atoms with Gasteiger partial charge in [0.15, 0.2) is 0 Å². The quantitative estimate of drug-likeness (QED) is 0.579. The summed E-state index contributed by atoms with van der Waals surface area (Å²) in [5.41, 5.74) is 1.17. The maximum absolute atomic E-state index is 5.65. The molecule has 3 nitrogen and oxygen atoms in total. The zero-order valence-corrected chi connectivity index (χ0v) is 12.5. The standard InChI is InChI=1S/C15H26ClN3/c16-10-5-2-6-11-17-13-14-9-12-19(18-14)15-7-3-1-4-8-15/h9,12,15,17H,1-8,10-11,13H2. The summed E-state index contributed by atoms with van der Waals surface area (Å²) < 4.78 is 2.18. The maximum atomic E-state index is 5.65. The van der Waals surface area contributed by atoms with Crippen molar-refractivity contribution in [2.75, 3.05) is 12.4 Å². The second-order valence-corrected chi connectivity index (χ2v) is 5.88. The van der Waals surface area contributed by atoms with Crippen LogP contribution in [0.5, 0.6) is 0 Å². The normalized spacial score (nSPS) is 16.9. The Bertz CT molecular complexity index is 345.